The van der Waals surface area contributed by atoms with Gasteiger partial charge in [0, 0.05) is 12.1 Å². The first-order chi connectivity index (χ1) is 9.67. The van der Waals surface area contributed by atoms with E-state index in [1.54, 1.807) is 12.1 Å². The third-order valence-electron chi connectivity index (χ3n) is 2.72. The Labute approximate surface area is 118 Å². The molecule has 102 valence electrons. The van der Waals surface area contributed by atoms with Crippen LogP contribution in [0.25, 0.3) is 22.2 Å². The van der Waals surface area contributed by atoms with E-state index < -0.39 is 0 Å². The van der Waals surface area contributed by atoms with E-state index in [2.05, 4.69) is 15.1 Å². The Kier molecular flexibility index (Phi) is 3.29. The van der Waals surface area contributed by atoms with E-state index in [-0.39, 0.29) is 5.82 Å². The van der Waals surface area contributed by atoms with Gasteiger partial charge in [0.15, 0.2) is 0 Å². The van der Waals surface area contributed by atoms with Crippen LogP contribution in [0.1, 0.15) is 10.7 Å². The maximum atomic E-state index is 13.2. The van der Waals surface area contributed by atoms with E-state index in [9.17, 15) is 4.39 Å². The van der Waals surface area contributed by atoms with E-state index in [1.807, 2.05) is 6.92 Å². The van der Waals surface area contributed by atoms with Crippen LogP contribution in [0.4, 0.5) is 4.39 Å². The highest BCUT2D eigenvalue weighted by Crippen LogP contribution is 2.30. The molecule has 0 saturated carbocycles. The summed E-state index contributed by atoms with van der Waals surface area (Å²) in [5.74, 6) is 0.383. The zero-order chi connectivity index (χ0) is 14.1. The van der Waals surface area contributed by atoms with Crippen LogP contribution in [0, 0.1) is 12.7 Å². The van der Waals surface area contributed by atoms with Crippen LogP contribution in [0.15, 0.2) is 28.8 Å². The molecular formula is C13H11FN4OS. The van der Waals surface area contributed by atoms with Crippen molar-refractivity contribution in [3.63, 3.8) is 0 Å². The van der Waals surface area contributed by atoms with Gasteiger partial charge in [0.1, 0.15) is 15.7 Å². The third kappa shape index (κ3) is 2.33. The van der Waals surface area contributed by atoms with E-state index in [0.717, 1.165) is 15.6 Å². The standard InChI is InChI=1S/C13H11FN4OS/c1-7-11(20-10(6-15)16-7)13-17-12(18-19-13)8-3-2-4-9(14)5-8/h2-5H,6,15H2,1H3. The number of halogens is 1. The van der Waals surface area contributed by atoms with Crippen LogP contribution in [-0.4, -0.2) is 15.1 Å². The summed E-state index contributed by atoms with van der Waals surface area (Å²) in [5, 5.41) is 4.68. The smallest absolute Gasteiger partial charge is 0.270 e. The first kappa shape index (κ1) is 12.9. The summed E-state index contributed by atoms with van der Waals surface area (Å²) in [6.45, 7) is 2.23. The van der Waals surface area contributed by atoms with E-state index in [0.29, 0.717) is 23.8 Å². The van der Waals surface area contributed by atoms with Crippen LogP contribution < -0.4 is 5.73 Å². The zero-order valence-electron chi connectivity index (χ0n) is 10.6. The molecule has 0 atom stereocenters. The SMILES string of the molecule is Cc1nc(CN)sc1-c1nc(-c2cccc(F)c2)no1. The number of nitrogens with two attached hydrogens (primary N) is 1. The number of rotatable bonds is 3. The molecule has 2 aromatic heterocycles. The molecule has 0 aliphatic heterocycles. The number of aromatic nitrogens is 3. The lowest BCUT2D eigenvalue weighted by Crippen LogP contribution is -1.94. The third-order valence-corrected chi connectivity index (χ3v) is 3.89. The van der Waals surface area contributed by atoms with Crippen LogP contribution in [0.5, 0.6) is 0 Å². The molecule has 0 saturated heterocycles. The van der Waals surface area contributed by atoms with Crippen molar-refractivity contribution in [2.24, 2.45) is 5.73 Å². The van der Waals surface area contributed by atoms with Crippen molar-refractivity contribution >= 4 is 11.3 Å². The molecule has 7 heteroatoms. The molecule has 0 aliphatic carbocycles. The summed E-state index contributed by atoms with van der Waals surface area (Å²) in [4.78, 5) is 9.39. The van der Waals surface area contributed by atoms with Crippen molar-refractivity contribution in [1.82, 2.24) is 15.1 Å². The first-order valence-electron chi connectivity index (χ1n) is 5.94. The second-order valence-corrected chi connectivity index (χ2v) is 5.24. The Bertz CT molecular complexity index is 752. The average Bonchev–Trinajstić information content (AvgIpc) is 3.05. The van der Waals surface area contributed by atoms with Crippen molar-refractivity contribution in [2.45, 2.75) is 13.5 Å². The van der Waals surface area contributed by atoms with Crippen LogP contribution >= 0.6 is 11.3 Å². The minimum absolute atomic E-state index is 0.340. The number of aryl methyl sites for hydroxylation is 1. The molecule has 20 heavy (non-hydrogen) atoms. The maximum absolute atomic E-state index is 13.2. The summed E-state index contributed by atoms with van der Waals surface area (Å²) in [7, 11) is 0. The van der Waals surface area contributed by atoms with E-state index in [4.69, 9.17) is 10.3 Å². The van der Waals surface area contributed by atoms with Crippen molar-refractivity contribution in [1.29, 1.82) is 0 Å². The number of thiazole rings is 1. The number of hydrogen-bond donors (Lipinski definition) is 1. The molecule has 3 aromatic rings. The minimum Gasteiger partial charge on any atom is -0.333 e. The fraction of sp³-hybridized carbons (Fsp3) is 0.154. The van der Waals surface area contributed by atoms with Gasteiger partial charge in [-0.3, -0.25) is 0 Å². The highest BCUT2D eigenvalue weighted by atomic mass is 32.1. The van der Waals surface area contributed by atoms with Gasteiger partial charge in [0.25, 0.3) is 5.89 Å². The lowest BCUT2D eigenvalue weighted by atomic mass is 10.2. The van der Waals surface area contributed by atoms with Crippen molar-refractivity contribution in [2.75, 3.05) is 0 Å². The van der Waals surface area contributed by atoms with Gasteiger partial charge in [-0.1, -0.05) is 17.3 Å². The number of nitrogens with zero attached hydrogens (tertiary/aromatic N) is 3. The molecule has 2 N–H and O–H groups in total. The normalized spacial score (nSPS) is 10.9. The zero-order valence-corrected chi connectivity index (χ0v) is 11.4. The monoisotopic (exact) mass is 290 g/mol. The Morgan fingerprint density at radius 1 is 1.35 bits per heavy atom. The predicted octanol–water partition coefficient (Wildman–Crippen LogP) is 2.77. The molecule has 0 unspecified atom stereocenters. The molecule has 2 heterocycles. The lowest BCUT2D eigenvalue weighted by Gasteiger charge is -1.92. The van der Waals surface area contributed by atoms with Gasteiger partial charge in [-0.05, 0) is 19.1 Å². The van der Waals surface area contributed by atoms with E-state index >= 15 is 0 Å². The molecule has 0 fully saturated rings. The largest absolute Gasteiger partial charge is 0.333 e. The van der Waals surface area contributed by atoms with Gasteiger partial charge in [0.2, 0.25) is 5.82 Å². The van der Waals surface area contributed by atoms with Crippen LogP contribution in [0.3, 0.4) is 0 Å². The summed E-state index contributed by atoms with van der Waals surface area (Å²) < 4.78 is 18.4. The molecule has 5 nitrogen and oxygen atoms in total. The summed E-state index contributed by atoms with van der Waals surface area (Å²) in [6.07, 6.45) is 0. The second-order valence-electron chi connectivity index (χ2n) is 4.16. The van der Waals surface area contributed by atoms with Gasteiger partial charge in [-0.25, -0.2) is 9.37 Å². The Morgan fingerprint density at radius 2 is 2.20 bits per heavy atom. The Morgan fingerprint density at radius 3 is 2.90 bits per heavy atom. The quantitative estimate of drug-likeness (QED) is 0.802. The Balaban J connectivity index is 1.99. The van der Waals surface area contributed by atoms with Crippen molar-refractivity contribution in [3.05, 3.63) is 40.8 Å². The molecule has 3 rings (SSSR count). The highest BCUT2D eigenvalue weighted by Gasteiger charge is 2.16. The molecule has 0 bridgehead atoms. The molecule has 1 aromatic carbocycles. The minimum atomic E-state index is -0.340. The average molecular weight is 290 g/mol. The van der Waals surface area contributed by atoms with Gasteiger partial charge < -0.3 is 10.3 Å². The van der Waals surface area contributed by atoms with Crippen molar-refractivity contribution < 1.29 is 8.91 Å². The molecule has 0 amide bonds. The fourth-order valence-electron chi connectivity index (χ4n) is 1.80. The van der Waals surface area contributed by atoms with Gasteiger partial charge in [-0.15, -0.1) is 11.3 Å². The molecule has 0 aliphatic rings. The summed E-state index contributed by atoms with van der Waals surface area (Å²) >= 11 is 1.42. The Hall–Kier alpha value is -2.12. The van der Waals surface area contributed by atoms with Crippen LogP contribution in [0.2, 0.25) is 0 Å². The van der Waals surface area contributed by atoms with Gasteiger partial charge in [-0.2, -0.15) is 4.98 Å². The number of benzene rings is 1. The molecule has 0 spiro atoms. The maximum Gasteiger partial charge on any atom is 0.270 e. The van der Waals surface area contributed by atoms with Crippen molar-refractivity contribution in [3.8, 4) is 22.2 Å². The number of hydrogen-bond acceptors (Lipinski definition) is 6. The highest BCUT2D eigenvalue weighted by molar-refractivity contribution is 7.15. The first-order valence-corrected chi connectivity index (χ1v) is 6.75. The predicted molar refractivity (Wildman–Crippen MR) is 73.4 cm³/mol. The fourth-order valence-corrected chi connectivity index (χ4v) is 2.66. The second kappa shape index (κ2) is 5.10. The van der Waals surface area contributed by atoms with Gasteiger partial charge in [0.05, 0.1) is 5.69 Å². The van der Waals surface area contributed by atoms with Gasteiger partial charge >= 0.3 is 0 Å². The lowest BCUT2D eigenvalue weighted by molar-refractivity contribution is 0.433. The molecular weight excluding hydrogens is 279 g/mol. The summed E-state index contributed by atoms with van der Waals surface area (Å²) in [5.41, 5.74) is 6.93. The summed E-state index contributed by atoms with van der Waals surface area (Å²) in [6, 6.07) is 6.05. The molecule has 0 radical (unpaired) electrons. The van der Waals surface area contributed by atoms with Crippen LogP contribution in [-0.2, 0) is 6.54 Å². The van der Waals surface area contributed by atoms with E-state index in [1.165, 1.54) is 23.5 Å². The topological polar surface area (TPSA) is 77.8 Å².